The summed E-state index contributed by atoms with van der Waals surface area (Å²) < 4.78 is 5.56. The summed E-state index contributed by atoms with van der Waals surface area (Å²) in [7, 11) is 0. The Kier molecular flexibility index (Phi) is 12.1. The Morgan fingerprint density at radius 2 is 0.964 bits per heavy atom. The Hall–Kier alpha value is -4.25. The lowest BCUT2D eigenvalue weighted by Crippen LogP contribution is -2.65. The first-order valence-electron chi connectivity index (χ1n) is 18.5. The molecule has 17 heteroatoms. The van der Waals surface area contributed by atoms with Crippen LogP contribution in [0.1, 0.15) is 0 Å². The first-order valence-corrected chi connectivity index (χ1v) is 20.8. The number of carbonyl (C=O) groups excluding carboxylic acids is 1. The highest BCUT2D eigenvalue weighted by molar-refractivity contribution is 9.11. The van der Waals surface area contributed by atoms with Gasteiger partial charge in [-0.1, -0.05) is 57.9 Å². The maximum atomic E-state index is 15.6. The number of carbonyl (C=O) groups is 1. The van der Waals surface area contributed by atoms with Crippen molar-refractivity contribution in [1.82, 2.24) is 40.9 Å². The van der Waals surface area contributed by atoms with Crippen LogP contribution in [-0.2, 0) is 17.9 Å². The molecule has 0 bridgehead atoms. The number of piperazine rings is 2. The van der Waals surface area contributed by atoms with Crippen LogP contribution in [0.25, 0.3) is 22.8 Å². The predicted molar refractivity (Wildman–Crippen MR) is 222 cm³/mol. The number of aromatic amines is 2. The molecule has 0 aliphatic carbocycles. The van der Waals surface area contributed by atoms with Crippen LogP contribution in [0.2, 0.25) is 10.0 Å². The highest BCUT2D eigenvalue weighted by Crippen LogP contribution is 2.27. The van der Waals surface area contributed by atoms with Crippen molar-refractivity contribution in [3.05, 3.63) is 116 Å². The molecule has 13 nitrogen and oxygen atoms in total. The zero-order valence-corrected chi connectivity index (χ0v) is 35.0. The van der Waals surface area contributed by atoms with Crippen molar-refractivity contribution in [1.29, 1.82) is 0 Å². The largest absolute Gasteiger partial charge is 0.369 e. The Balaban J connectivity index is 1.13. The molecule has 2 N–H and O–H groups in total. The van der Waals surface area contributed by atoms with Gasteiger partial charge in [-0.05, 0) is 105 Å². The number of halogens is 4. The zero-order chi connectivity index (χ0) is 38.6. The Morgan fingerprint density at radius 1 is 0.589 bits per heavy atom. The number of ketones is 1. The molecule has 2 saturated heterocycles. The van der Waals surface area contributed by atoms with Gasteiger partial charge in [0.1, 0.15) is 35.4 Å². The van der Waals surface area contributed by atoms with Gasteiger partial charge in [0, 0.05) is 82.7 Å². The summed E-state index contributed by atoms with van der Waals surface area (Å²) in [5.41, 5.74) is 3.98. The van der Waals surface area contributed by atoms with Gasteiger partial charge in [0.2, 0.25) is 0 Å². The van der Waals surface area contributed by atoms with Gasteiger partial charge in [-0.15, -0.1) is 0 Å². The topological polar surface area (TPSA) is 121 Å². The molecule has 2 aliphatic rings. The third-order valence-corrected chi connectivity index (χ3v) is 12.5. The van der Waals surface area contributed by atoms with Gasteiger partial charge in [-0.2, -0.15) is 9.36 Å². The van der Waals surface area contributed by atoms with E-state index >= 15 is 4.79 Å². The maximum Gasteiger partial charge on any atom is 0.333 e. The van der Waals surface area contributed by atoms with E-state index in [1.807, 2.05) is 82.2 Å². The number of rotatable bonds is 12. The molecule has 4 heterocycles. The zero-order valence-electron chi connectivity index (χ0n) is 30.4. The van der Waals surface area contributed by atoms with Gasteiger partial charge in [-0.3, -0.25) is 14.6 Å². The molecule has 0 amide bonds. The highest BCUT2D eigenvalue weighted by atomic mass is 79.9. The minimum atomic E-state index is -0.515. The molecule has 4 aromatic carbocycles. The number of hydrogen-bond acceptors (Lipinski definition) is 9. The van der Waals surface area contributed by atoms with Crippen LogP contribution in [-0.4, -0.2) is 111 Å². The third kappa shape index (κ3) is 8.53. The van der Waals surface area contributed by atoms with Crippen LogP contribution in [0.5, 0.6) is 0 Å². The second-order valence-electron chi connectivity index (χ2n) is 13.9. The van der Waals surface area contributed by atoms with Gasteiger partial charge in [-0.25, -0.2) is 0 Å². The van der Waals surface area contributed by atoms with Crippen molar-refractivity contribution in [2.75, 3.05) is 62.2 Å². The second kappa shape index (κ2) is 17.5. The van der Waals surface area contributed by atoms with Crippen LogP contribution in [0.3, 0.4) is 0 Å². The summed E-state index contributed by atoms with van der Waals surface area (Å²) in [6.45, 7) is 6.41. The highest BCUT2D eigenvalue weighted by Gasteiger charge is 2.41. The van der Waals surface area contributed by atoms with Crippen LogP contribution in [0, 0.1) is 0 Å². The number of anilines is 2. The van der Waals surface area contributed by atoms with E-state index in [0.29, 0.717) is 61.0 Å². The van der Waals surface area contributed by atoms with Gasteiger partial charge >= 0.3 is 11.6 Å². The first-order chi connectivity index (χ1) is 27.3. The minimum Gasteiger partial charge on any atom is -0.369 e. The van der Waals surface area contributed by atoms with Crippen LogP contribution >= 0.6 is 55.1 Å². The van der Waals surface area contributed by atoms with Gasteiger partial charge in [0.05, 0.1) is 11.1 Å². The van der Waals surface area contributed by atoms with Crippen LogP contribution < -0.4 is 19.2 Å². The number of H-pyrrole nitrogens is 2. The van der Waals surface area contributed by atoms with Gasteiger partial charge in [0.25, 0.3) is 0 Å². The number of tetrazole rings is 2. The van der Waals surface area contributed by atoms with E-state index in [-0.39, 0.29) is 5.78 Å². The number of hydrogen-bond donors (Lipinski definition) is 2. The fraction of sp³-hybridized carbons (Fsp3) is 0.308. The van der Waals surface area contributed by atoms with E-state index in [2.05, 4.69) is 107 Å². The van der Waals surface area contributed by atoms with E-state index in [1.54, 1.807) is 0 Å². The molecule has 0 saturated carbocycles. The molecule has 288 valence electrons. The average molecular weight is 924 g/mol. The van der Waals surface area contributed by atoms with Crippen molar-refractivity contribution < 1.29 is 14.2 Å². The molecule has 2 unspecified atom stereocenters. The molecule has 0 spiro atoms. The summed E-state index contributed by atoms with van der Waals surface area (Å²) in [5.74, 6) is 1.39. The lowest BCUT2D eigenvalue weighted by Gasteiger charge is -2.43. The summed E-state index contributed by atoms with van der Waals surface area (Å²) in [6.07, 6.45) is 0. The Morgan fingerprint density at radius 3 is 1.34 bits per heavy atom. The van der Waals surface area contributed by atoms with Crippen molar-refractivity contribution >= 4 is 72.2 Å². The predicted octanol–water partition coefficient (Wildman–Crippen LogP) is 5.31. The van der Waals surface area contributed by atoms with E-state index in [4.69, 9.17) is 23.2 Å². The maximum absolute atomic E-state index is 15.6. The molecular weight excluding hydrogens is 883 g/mol. The monoisotopic (exact) mass is 920 g/mol. The van der Waals surface area contributed by atoms with Crippen molar-refractivity contribution in [3.63, 3.8) is 0 Å². The fourth-order valence-electron chi connectivity index (χ4n) is 7.61. The van der Waals surface area contributed by atoms with Gasteiger partial charge < -0.3 is 9.80 Å². The fourth-order valence-corrected chi connectivity index (χ4v) is 8.79. The number of nitrogens with zero attached hydrogens (tertiary/aromatic N) is 10. The number of benzene rings is 4. The first kappa shape index (κ1) is 38.6. The second-order valence-corrected chi connectivity index (χ2v) is 16.4. The lowest BCUT2D eigenvalue weighted by atomic mass is 9.99. The van der Waals surface area contributed by atoms with Crippen LogP contribution in [0.15, 0.2) is 106 Å². The molecule has 0 radical (unpaired) electrons. The quantitative estimate of drug-likeness (QED) is 0.158. The van der Waals surface area contributed by atoms with E-state index in [0.717, 1.165) is 57.6 Å². The summed E-state index contributed by atoms with van der Waals surface area (Å²) in [5, 5.41) is 25.0. The Bertz CT molecular complexity index is 2100. The third-order valence-electron chi connectivity index (χ3n) is 10.6. The standard InChI is InChI=1S/C39H38Br2Cl2N12O/c40-33-7-3-1-5-31(33)38-44-46-48-54(38)25-35(52-21-17-50(18-22-52)29-13-9-27(42)10-14-29)37(56)36(26-55-39(45-47-49-55)32-6-2-4-8-34(32)41)53-23-19-51(20-24-53)30-15-11-28(43)12-16-30/h1-16,35-36H,17-26H2/p+2. The molecule has 6 aromatic rings. The molecule has 2 fully saturated rings. The SMILES string of the molecule is O=C(C(C[n+]1[nH]nnc1-c1ccccc1Br)N1CCN(c2ccc(Cl)cc2)CC1)C(C[n+]1[nH]nnc1-c1ccccc1Br)N1CCN(c2ccc(Cl)cc2)CC1. The Labute approximate surface area is 351 Å². The molecule has 2 aliphatic heterocycles. The van der Waals surface area contributed by atoms with E-state index < -0.39 is 12.1 Å². The summed E-state index contributed by atoms with van der Waals surface area (Å²) >= 11 is 19.8. The number of nitrogens with one attached hydrogen (secondary N) is 2. The van der Waals surface area contributed by atoms with Crippen LogP contribution in [0.4, 0.5) is 11.4 Å². The minimum absolute atomic E-state index is 0.102. The smallest absolute Gasteiger partial charge is 0.333 e. The molecule has 56 heavy (non-hydrogen) atoms. The van der Waals surface area contributed by atoms with Crippen molar-refractivity contribution in [2.45, 2.75) is 25.2 Å². The van der Waals surface area contributed by atoms with E-state index in [9.17, 15) is 0 Å². The van der Waals surface area contributed by atoms with Crippen molar-refractivity contribution in [2.24, 2.45) is 0 Å². The summed E-state index contributed by atoms with van der Waals surface area (Å²) in [6, 6.07) is 30.7. The van der Waals surface area contributed by atoms with Crippen molar-refractivity contribution in [3.8, 4) is 22.8 Å². The molecular formula is C39H40Br2Cl2N12O+2. The number of Topliss-reactive ketones (excluding diaryl/α,β-unsaturated/α-hetero) is 1. The molecule has 2 aromatic heterocycles. The van der Waals surface area contributed by atoms with E-state index in [1.165, 1.54) is 0 Å². The normalized spacial score (nSPS) is 16.6. The summed E-state index contributed by atoms with van der Waals surface area (Å²) in [4.78, 5) is 24.9. The molecule has 2 atom stereocenters. The molecule has 8 rings (SSSR count). The average Bonchev–Trinajstić information content (AvgIpc) is 3.90. The lowest BCUT2D eigenvalue weighted by molar-refractivity contribution is -0.748. The number of aromatic nitrogens is 8. The van der Waals surface area contributed by atoms with Gasteiger partial charge in [0.15, 0.2) is 16.2 Å².